The number of anilines is 1. The van der Waals surface area contributed by atoms with Gasteiger partial charge in [-0.15, -0.1) is 0 Å². The molecule has 5 aliphatic heterocycles. The molecule has 10 atom stereocenters. The van der Waals surface area contributed by atoms with Gasteiger partial charge in [0.15, 0.2) is 6.10 Å². The molecule has 2 bridgehead atoms. The zero-order chi connectivity index (χ0) is 42.6. The molecule has 320 valence electrons. The van der Waals surface area contributed by atoms with Gasteiger partial charge in [-0.05, 0) is 85.4 Å². The van der Waals surface area contributed by atoms with Gasteiger partial charge in [0.25, 0.3) is 0 Å². The van der Waals surface area contributed by atoms with Gasteiger partial charge in [0, 0.05) is 72.3 Å². The number of hydrogen-bond acceptors (Lipinski definition) is 12. The van der Waals surface area contributed by atoms with Gasteiger partial charge in [-0.25, -0.2) is 4.79 Å². The second kappa shape index (κ2) is 14.2. The molecule has 60 heavy (non-hydrogen) atoms. The molecule has 1 unspecified atom stereocenters. The largest absolute Gasteiger partial charge is 0.468 e. The molecule has 4 N–H and O–H groups in total. The van der Waals surface area contributed by atoms with E-state index in [-0.39, 0.29) is 12.3 Å². The van der Waals surface area contributed by atoms with E-state index in [9.17, 15) is 29.7 Å². The number of carbonyl (C=O) groups excluding carboxylic acids is 4. The Morgan fingerprint density at radius 2 is 1.75 bits per heavy atom. The lowest BCUT2D eigenvalue weighted by molar-refractivity contribution is -0.228. The Balaban J connectivity index is 1.38. The Morgan fingerprint density at radius 1 is 0.983 bits per heavy atom. The predicted molar refractivity (Wildman–Crippen MR) is 220 cm³/mol. The van der Waals surface area contributed by atoms with Gasteiger partial charge in [0.1, 0.15) is 5.41 Å². The monoisotopic (exact) mass is 824 g/mol. The zero-order valence-corrected chi connectivity index (χ0v) is 35.0. The molecule has 1 aromatic heterocycles. The van der Waals surface area contributed by atoms with Gasteiger partial charge >= 0.3 is 17.9 Å². The van der Waals surface area contributed by atoms with Crippen LogP contribution in [-0.4, -0.2) is 131 Å². The third kappa shape index (κ3) is 5.23. The molecule has 14 heteroatoms. The highest BCUT2D eigenvalue weighted by molar-refractivity contribution is 5.96. The minimum atomic E-state index is -2.55. The Hall–Kier alpha value is -4.60. The fourth-order valence-electron chi connectivity index (χ4n) is 13.5. The maximum Gasteiger partial charge on any atom is 0.344 e. The Kier molecular flexibility index (Phi) is 9.68. The van der Waals surface area contributed by atoms with Crippen LogP contribution in [0.5, 0.6) is 0 Å². The van der Waals surface area contributed by atoms with E-state index in [0.717, 1.165) is 23.6 Å². The van der Waals surface area contributed by atoms with Crippen molar-refractivity contribution in [1.29, 1.82) is 0 Å². The maximum absolute atomic E-state index is 15.3. The molecule has 0 radical (unpaired) electrons. The van der Waals surface area contributed by atoms with Gasteiger partial charge in [0.05, 0.1) is 32.5 Å². The summed E-state index contributed by atoms with van der Waals surface area (Å²) in [7, 11) is 2.53. The highest BCUT2D eigenvalue weighted by atomic mass is 16.6. The van der Waals surface area contributed by atoms with Gasteiger partial charge in [-0.1, -0.05) is 50.3 Å². The summed E-state index contributed by atoms with van der Waals surface area (Å²) in [6.45, 7) is 7.51. The molecular weight excluding hydrogens is 769 g/mol. The van der Waals surface area contributed by atoms with Crippen molar-refractivity contribution in [2.45, 2.75) is 106 Å². The van der Waals surface area contributed by atoms with Crippen molar-refractivity contribution in [3.8, 4) is 0 Å². The topological polar surface area (TPSA) is 182 Å². The standard InChI is InChI=1S/C46H56N4O10/c1-6-42(56)21-28-22-45(40(54)58-4,36-31(13-17-48(23-28)25-42)30-11-8-9-12-34(30)47-36)32-20-33-35(19-29(32)24-51)50(26-52)38-44(33)15-18-49-16-10-14-43(7-2,37(44)49)39(60-27(3)53)46(38,57)41(55)59-5/h8-12,14,19-20,26,28,37-39,47,51,56-57H,6-7,13,15-18,21-25H2,1-5H3/t28?,37-,38+,39+,42-,43+,44+,45-,46-/m0/s1. The van der Waals surface area contributed by atoms with Gasteiger partial charge in [-0.3, -0.25) is 24.2 Å². The molecule has 6 heterocycles. The third-order valence-electron chi connectivity index (χ3n) is 15.6. The molecule has 1 amide bonds. The van der Waals surface area contributed by atoms with Crippen molar-refractivity contribution in [3.63, 3.8) is 0 Å². The van der Waals surface area contributed by atoms with Crippen molar-refractivity contribution >= 4 is 40.9 Å². The smallest absolute Gasteiger partial charge is 0.344 e. The number of carbonyl (C=O) groups is 4. The summed E-state index contributed by atoms with van der Waals surface area (Å²) in [6, 6.07) is 9.80. The molecule has 2 aromatic carbocycles. The second-order valence-electron chi connectivity index (χ2n) is 18.2. The minimum Gasteiger partial charge on any atom is -0.468 e. The molecule has 6 aliphatic rings. The molecular formula is C46H56N4O10. The van der Waals surface area contributed by atoms with E-state index in [2.05, 4.69) is 14.8 Å². The number of para-hydroxylation sites is 1. The van der Waals surface area contributed by atoms with E-state index < -0.39 is 70.1 Å². The normalized spacial score (nSPS) is 36.5. The van der Waals surface area contributed by atoms with Crippen molar-refractivity contribution in [2.75, 3.05) is 51.8 Å². The van der Waals surface area contributed by atoms with Gasteiger partial charge in [0.2, 0.25) is 12.0 Å². The molecule has 9 rings (SSSR count). The number of rotatable bonds is 8. The average molecular weight is 825 g/mol. The number of piperidine rings is 1. The number of aromatic nitrogens is 1. The molecule has 2 saturated heterocycles. The van der Waals surface area contributed by atoms with Crippen LogP contribution in [-0.2, 0) is 57.2 Å². The Bertz CT molecular complexity index is 2310. The summed E-state index contributed by atoms with van der Waals surface area (Å²) in [5.41, 5.74) is -3.08. The first-order chi connectivity index (χ1) is 28.8. The van der Waals surface area contributed by atoms with Gasteiger partial charge < -0.3 is 39.4 Å². The van der Waals surface area contributed by atoms with Crippen molar-refractivity contribution in [1.82, 2.24) is 14.8 Å². The summed E-state index contributed by atoms with van der Waals surface area (Å²) in [4.78, 5) is 66.0. The molecule has 1 saturated carbocycles. The number of amides is 1. The molecule has 3 fully saturated rings. The number of aromatic amines is 1. The molecule has 1 aliphatic carbocycles. The van der Waals surface area contributed by atoms with E-state index in [1.165, 1.54) is 18.9 Å². The lowest BCUT2D eigenvalue weighted by Crippen LogP contribution is -2.81. The SMILES string of the molecule is CC[C@]1(O)CC2C[N@](CCc3c([nH]c4ccccc34)[C@@](C(=O)OC)(c3cc4c(cc3CO)N(C=O)[C@H]3[C@@](O)(C(=O)OC)[C@H](OC(C)=O)[C@]5(CC)C=CCN6CC[C@]43[C@@H]65)C2)C1. The molecule has 14 nitrogen and oxygen atoms in total. The van der Waals surface area contributed by atoms with E-state index in [1.54, 1.807) is 6.07 Å². The van der Waals surface area contributed by atoms with Crippen LogP contribution in [0.2, 0.25) is 0 Å². The van der Waals surface area contributed by atoms with E-state index >= 15 is 4.79 Å². The summed E-state index contributed by atoms with van der Waals surface area (Å²) >= 11 is 0. The third-order valence-corrected chi connectivity index (χ3v) is 15.6. The number of aliphatic hydroxyl groups excluding tert-OH is 1. The van der Waals surface area contributed by atoms with Gasteiger partial charge in [-0.2, -0.15) is 0 Å². The predicted octanol–water partition coefficient (Wildman–Crippen LogP) is 3.00. The maximum atomic E-state index is 15.3. The number of fused-ring (bicyclic) bond motifs is 6. The highest BCUT2D eigenvalue weighted by Gasteiger charge is 2.81. The zero-order valence-electron chi connectivity index (χ0n) is 35.0. The summed E-state index contributed by atoms with van der Waals surface area (Å²) < 4.78 is 17.3. The number of methoxy groups -OCH3 is 2. The lowest BCUT2D eigenvalue weighted by atomic mass is 9.47. The number of hydrogen-bond donors (Lipinski definition) is 4. The first-order valence-corrected chi connectivity index (χ1v) is 21.3. The lowest BCUT2D eigenvalue weighted by Gasteiger charge is -2.63. The number of aliphatic hydroxyl groups is 3. The van der Waals surface area contributed by atoms with Crippen LogP contribution in [0.4, 0.5) is 5.69 Å². The highest BCUT2D eigenvalue weighted by Crippen LogP contribution is 2.68. The van der Waals surface area contributed by atoms with E-state index in [0.29, 0.717) is 99.3 Å². The van der Waals surface area contributed by atoms with Crippen LogP contribution >= 0.6 is 0 Å². The number of nitrogens with one attached hydrogen (secondary N) is 1. The Labute approximate surface area is 349 Å². The summed E-state index contributed by atoms with van der Waals surface area (Å²) in [5, 5.41) is 37.7. The van der Waals surface area contributed by atoms with Crippen LogP contribution in [0.15, 0.2) is 48.6 Å². The van der Waals surface area contributed by atoms with Crippen LogP contribution < -0.4 is 4.90 Å². The van der Waals surface area contributed by atoms with Crippen molar-refractivity contribution < 1.29 is 48.7 Å². The quantitative estimate of drug-likeness (QED) is 0.113. The fraction of sp³-hybridized carbons (Fsp3) is 0.565. The van der Waals surface area contributed by atoms with Crippen molar-refractivity contribution in [3.05, 3.63) is 76.5 Å². The van der Waals surface area contributed by atoms with Crippen LogP contribution in [0.3, 0.4) is 0 Å². The number of nitrogens with zero attached hydrogens (tertiary/aromatic N) is 3. The first-order valence-electron chi connectivity index (χ1n) is 21.3. The van der Waals surface area contributed by atoms with Crippen LogP contribution in [0.1, 0.15) is 80.8 Å². The summed E-state index contributed by atoms with van der Waals surface area (Å²) in [5.74, 6) is -2.46. The van der Waals surface area contributed by atoms with Crippen LogP contribution in [0.25, 0.3) is 10.9 Å². The van der Waals surface area contributed by atoms with Crippen molar-refractivity contribution in [2.24, 2.45) is 11.3 Å². The van der Waals surface area contributed by atoms with Crippen LogP contribution in [0, 0.1) is 11.3 Å². The fourth-order valence-corrected chi connectivity index (χ4v) is 13.5. The average Bonchev–Trinajstić information content (AvgIpc) is 3.92. The minimum absolute atomic E-state index is 0.181. The number of ether oxygens (including phenoxy) is 3. The molecule has 3 aromatic rings. The van der Waals surface area contributed by atoms with E-state index in [1.807, 2.05) is 56.3 Å². The second-order valence-corrected chi connectivity index (χ2v) is 18.2. The summed E-state index contributed by atoms with van der Waals surface area (Å²) in [6.07, 6.45) is 5.63. The number of H-pyrrole nitrogens is 1. The number of benzene rings is 2. The molecule has 1 spiro atoms. The number of esters is 3. The Morgan fingerprint density at radius 3 is 2.43 bits per heavy atom. The first kappa shape index (κ1) is 40.8. The van der Waals surface area contributed by atoms with E-state index in [4.69, 9.17) is 14.2 Å².